The van der Waals surface area contributed by atoms with Gasteiger partial charge in [0.25, 0.3) is 5.91 Å². The van der Waals surface area contributed by atoms with Crippen LogP contribution >= 0.6 is 0 Å². The number of nitrogens with one attached hydrogen (secondary N) is 1. The lowest BCUT2D eigenvalue weighted by molar-refractivity contribution is -0.131. The summed E-state index contributed by atoms with van der Waals surface area (Å²) < 4.78 is 24.5. The van der Waals surface area contributed by atoms with Gasteiger partial charge in [0.05, 0.1) is 24.3 Å². The molecule has 2 heterocycles. The monoisotopic (exact) mass is 384 g/mol. The molecule has 0 unspecified atom stereocenters. The molecule has 0 spiro atoms. The first-order chi connectivity index (χ1) is 12.0. The highest BCUT2D eigenvalue weighted by molar-refractivity contribution is 7.90. The summed E-state index contributed by atoms with van der Waals surface area (Å²) in [7, 11) is -3.19. The van der Waals surface area contributed by atoms with E-state index in [4.69, 9.17) is 0 Å². The second kappa shape index (κ2) is 7.77. The quantitative estimate of drug-likeness (QED) is 0.810. The Bertz CT molecular complexity index is 777. The van der Waals surface area contributed by atoms with Gasteiger partial charge in [0.15, 0.2) is 5.69 Å². The van der Waals surface area contributed by atoms with Crippen LogP contribution in [0.25, 0.3) is 0 Å². The van der Waals surface area contributed by atoms with Gasteiger partial charge in [0, 0.05) is 32.3 Å². The van der Waals surface area contributed by atoms with Crippen molar-refractivity contribution in [3.05, 3.63) is 17.7 Å². The van der Waals surface area contributed by atoms with Crippen molar-refractivity contribution in [3.63, 3.8) is 0 Å². The minimum Gasteiger partial charge on any atom is -0.350 e. The average molecular weight is 385 g/mol. The Morgan fingerprint density at radius 3 is 2.58 bits per heavy atom. The van der Waals surface area contributed by atoms with Gasteiger partial charge < -0.3 is 14.8 Å². The molecule has 146 valence electrons. The number of carbonyl (C=O) groups is 2. The van der Waals surface area contributed by atoms with Crippen LogP contribution in [0, 0.1) is 5.41 Å². The number of hydrogen-bond donors (Lipinski definition) is 1. The molecule has 0 radical (unpaired) electrons. The molecule has 0 bridgehead atoms. The summed E-state index contributed by atoms with van der Waals surface area (Å²) in [6, 6.07) is 0. The van der Waals surface area contributed by atoms with E-state index < -0.39 is 9.84 Å². The number of hydrogen-bond acceptors (Lipinski definition) is 5. The third-order valence-electron chi connectivity index (χ3n) is 4.15. The van der Waals surface area contributed by atoms with Gasteiger partial charge in [-0.25, -0.2) is 13.4 Å². The highest BCUT2D eigenvalue weighted by Crippen LogP contribution is 2.18. The summed E-state index contributed by atoms with van der Waals surface area (Å²) in [5.74, 6) is -0.634. The summed E-state index contributed by atoms with van der Waals surface area (Å²) in [5.41, 5.74) is 0.985. The third kappa shape index (κ3) is 5.82. The Morgan fingerprint density at radius 2 is 1.96 bits per heavy atom. The minimum absolute atomic E-state index is 0.0417. The number of carbonyl (C=O) groups excluding carboxylic acids is 2. The molecule has 1 N–H and O–H groups in total. The SMILES string of the molecule is CC(C)(C)CNC(=O)c1ncn2c1CN(C(=O)CCS(C)(=O)=O)CCC2. The Kier molecular flexibility index (Phi) is 6.10. The normalized spacial score (nSPS) is 15.3. The minimum atomic E-state index is -3.19. The van der Waals surface area contributed by atoms with Crippen LogP contribution in [0.5, 0.6) is 0 Å². The fraction of sp³-hybridized carbons (Fsp3) is 0.706. The molecule has 0 fully saturated rings. The molecule has 1 aromatic rings. The molecule has 2 rings (SSSR count). The van der Waals surface area contributed by atoms with Gasteiger partial charge in [-0.05, 0) is 11.8 Å². The molecule has 1 aliphatic rings. The van der Waals surface area contributed by atoms with E-state index in [0.29, 0.717) is 31.0 Å². The summed E-state index contributed by atoms with van der Waals surface area (Å²) in [6.45, 7) is 8.09. The predicted molar refractivity (Wildman–Crippen MR) is 98.4 cm³/mol. The number of fused-ring (bicyclic) bond motifs is 1. The topological polar surface area (TPSA) is 101 Å². The van der Waals surface area contributed by atoms with Crippen LogP contribution in [0.2, 0.25) is 0 Å². The van der Waals surface area contributed by atoms with Crippen LogP contribution in [0.4, 0.5) is 0 Å². The Labute approximate surface area is 154 Å². The fourth-order valence-corrected chi connectivity index (χ4v) is 3.27. The van der Waals surface area contributed by atoms with Crippen molar-refractivity contribution in [2.75, 3.05) is 25.1 Å². The van der Waals surface area contributed by atoms with Crippen LogP contribution in [0.3, 0.4) is 0 Å². The van der Waals surface area contributed by atoms with Crippen LogP contribution < -0.4 is 5.32 Å². The standard InChI is InChI=1S/C17H28N4O4S/c1-17(2,3)11-18-16(23)15-13-10-20(7-5-8-21(13)12-19-15)14(22)6-9-26(4,24)25/h12H,5-11H2,1-4H3,(H,18,23). The van der Waals surface area contributed by atoms with Crippen molar-refractivity contribution in [1.29, 1.82) is 0 Å². The molecule has 0 saturated heterocycles. The first kappa shape index (κ1) is 20.4. The zero-order chi connectivity index (χ0) is 19.5. The van der Waals surface area contributed by atoms with E-state index in [1.54, 1.807) is 11.2 Å². The maximum absolute atomic E-state index is 12.5. The Hall–Kier alpha value is -1.90. The van der Waals surface area contributed by atoms with Gasteiger partial charge in [-0.15, -0.1) is 0 Å². The maximum atomic E-state index is 12.5. The molecular weight excluding hydrogens is 356 g/mol. The van der Waals surface area contributed by atoms with Crippen molar-refractivity contribution in [2.24, 2.45) is 5.41 Å². The molecule has 0 aliphatic carbocycles. The van der Waals surface area contributed by atoms with Crippen LogP contribution in [0.15, 0.2) is 6.33 Å². The maximum Gasteiger partial charge on any atom is 0.271 e. The number of imidazole rings is 1. The molecular formula is C17H28N4O4S. The number of aromatic nitrogens is 2. The number of amides is 2. The molecule has 9 heteroatoms. The fourth-order valence-electron chi connectivity index (χ4n) is 2.72. The van der Waals surface area contributed by atoms with Crippen molar-refractivity contribution in [3.8, 4) is 0 Å². The van der Waals surface area contributed by atoms with E-state index >= 15 is 0 Å². The molecule has 8 nitrogen and oxygen atoms in total. The molecule has 0 aromatic carbocycles. The predicted octanol–water partition coefficient (Wildman–Crippen LogP) is 0.826. The second-order valence-corrected chi connectivity index (χ2v) is 10.3. The highest BCUT2D eigenvalue weighted by Gasteiger charge is 2.26. The lowest BCUT2D eigenvalue weighted by Crippen LogP contribution is -2.35. The van der Waals surface area contributed by atoms with E-state index in [1.165, 1.54) is 0 Å². The zero-order valence-corrected chi connectivity index (χ0v) is 16.7. The average Bonchev–Trinajstić information content (AvgIpc) is 2.79. The van der Waals surface area contributed by atoms with Crippen LogP contribution in [0.1, 0.15) is 49.8 Å². The van der Waals surface area contributed by atoms with Crippen molar-refractivity contribution in [2.45, 2.75) is 46.7 Å². The van der Waals surface area contributed by atoms with Crippen LogP contribution in [-0.2, 0) is 27.7 Å². The molecule has 0 atom stereocenters. The van der Waals surface area contributed by atoms with Crippen molar-refractivity contribution < 1.29 is 18.0 Å². The Morgan fingerprint density at radius 1 is 1.27 bits per heavy atom. The third-order valence-corrected chi connectivity index (χ3v) is 5.09. The second-order valence-electron chi connectivity index (χ2n) is 8.03. The van der Waals surface area contributed by atoms with Crippen LogP contribution in [-0.4, -0.2) is 59.8 Å². The molecule has 26 heavy (non-hydrogen) atoms. The number of rotatable bonds is 5. The summed E-state index contributed by atoms with van der Waals surface area (Å²) in [5, 5.41) is 2.89. The van der Waals surface area contributed by atoms with Crippen molar-refractivity contribution in [1.82, 2.24) is 19.8 Å². The van der Waals surface area contributed by atoms with Gasteiger partial charge in [-0.3, -0.25) is 9.59 Å². The smallest absolute Gasteiger partial charge is 0.271 e. The number of nitrogens with zero attached hydrogens (tertiary/aromatic N) is 3. The number of aryl methyl sites for hydroxylation is 1. The summed E-state index contributed by atoms with van der Waals surface area (Å²) >= 11 is 0. The van der Waals surface area contributed by atoms with Gasteiger partial charge in [0.1, 0.15) is 9.84 Å². The van der Waals surface area contributed by atoms with Gasteiger partial charge in [-0.1, -0.05) is 20.8 Å². The van der Waals surface area contributed by atoms with E-state index in [1.807, 2.05) is 25.3 Å². The molecule has 1 aliphatic heterocycles. The first-order valence-corrected chi connectivity index (χ1v) is 10.8. The summed E-state index contributed by atoms with van der Waals surface area (Å²) in [6.07, 6.45) is 3.44. The van der Waals surface area contributed by atoms with Gasteiger partial charge in [0.2, 0.25) is 5.91 Å². The summed E-state index contributed by atoms with van der Waals surface area (Å²) in [4.78, 5) is 30.8. The van der Waals surface area contributed by atoms with Gasteiger partial charge in [-0.2, -0.15) is 0 Å². The first-order valence-electron chi connectivity index (χ1n) is 8.74. The van der Waals surface area contributed by atoms with E-state index in [2.05, 4.69) is 10.3 Å². The molecule has 1 aromatic heterocycles. The largest absolute Gasteiger partial charge is 0.350 e. The highest BCUT2D eigenvalue weighted by atomic mass is 32.2. The zero-order valence-electron chi connectivity index (χ0n) is 15.9. The van der Waals surface area contributed by atoms with Crippen molar-refractivity contribution >= 4 is 21.7 Å². The molecule has 2 amide bonds. The lowest BCUT2D eigenvalue weighted by Gasteiger charge is -2.21. The lowest BCUT2D eigenvalue weighted by atomic mass is 9.97. The number of sulfone groups is 1. The van der Waals surface area contributed by atoms with E-state index in [0.717, 1.165) is 12.7 Å². The molecule has 0 saturated carbocycles. The van der Waals surface area contributed by atoms with Gasteiger partial charge >= 0.3 is 0 Å². The van der Waals surface area contributed by atoms with E-state index in [9.17, 15) is 18.0 Å². The van der Waals surface area contributed by atoms with E-state index in [-0.39, 0.29) is 35.9 Å². The Balaban J connectivity index is 2.12.